The van der Waals surface area contributed by atoms with Crippen LogP contribution in [0, 0.1) is 0 Å². The molecule has 0 saturated heterocycles. The lowest BCUT2D eigenvalue weighted by molar-refractivity contribution is 0.0746. The highest BCUT2D eigenvalue weighted by molar-refractivity contribution is 7.10. The van der Waals surface area contributed by atoms with Crippen molar-refractivity contribution in [1.82, 2.24) is 4.90 Å². The smallest absolute Gasteiger partial charge is 0.256 e. The lowest BCUT2D eigenvalue weighted by Gasteiger charge is -2.25. The minimum Gasteiger partial charge on any atom is -0.387 e. The molecule has 106 valence electrons. The number of amides is 1. The van der Waals surface area contributed by atoms with Crippen molar-refractivity contribution in [1.29, 1.82) is 0 Å². The van der Waals surface area contributed by atoms with Gasteiger partial charge < -0.3 is 10.2 Å². The normalized spacial score (nSPS) is 12.0. The van der Waals surface area contributed by atoms with E-state index in [1.165, 1.54) is 0 Å². The van der Waals surface area contributed by atoms with Gasteiger partial charge in [-0.2, -0.15) is 0 Å². The van der Waals surface area contributed by atoms with Gasteiger partial charge in [-0.1, -0.05) is 17.7 Å². The van der Waals surface area contributed by atoms with Crippen molar-refractivity contribution in [2.75, 3.05) is 19.4 Å². The molecular weight excluding hydrogens is 292 g/mol. The summed E-state index contributed by atoms with van der Waals surface area (Å²) in [6.07, 6.45) is 0. The SMILES string of the molecule is CNc1ccc(Cl)cc1C(=O)N(C)C(C)c1cccs1. The lowest BCUT2D eigenvalue weighted by atomic mass is 10.1. The van der Waals surface area contributed by atoms with Gasteiger partial charge in [0.1, 0.15) is 0 Å². The van der Waals surface area contributed by atoms with E-state index in [0.29, 0.717) is 10.6 Å². The molecule has 1 amide bonds. The average molecular weight is 309 g/mol. The maximum Gasteiger partial charge on any atom is 0.256 e. The Kier molecular flexibility index (Phi) is 4.68. The monoisotopic (exact) mass is 308 g/mol. The number of rotatable bonds is 4. The Labute approximate surface area is 128 Å². The molecule has 0 bridgehead atoms. The molecule has 0 aliphatic heterocycles. The third-order valence-corrected chi connectivity index (χ3v) is 4.62. The second-order valence-corrected chi connectivity index (χ2v) is 5.96. The number of halogens is 1. The molecule has 0 saturated carbocycles. The molecule has 1 atom stereocenters. The van der Waals surface area contributed by atoms with Gasteiger partial charge in [-0.05, 0) is 36.6 Å². The predicted octanol–water partition coefficient (Wildman–Crippen LogP) is 4.28. The van der Waals surface area contributed by atoms with Crippen LogP contribution in [0.5, 0.6) is 0 Å². The van der Waals surface area contributed by atoms with Crippen LogP contribution in [-0.2, 0) is 0 Å². The molecule has 1 aromatic heterocycles. The van der Waals surface area contributed by atoms with Crippen LogP contribution in [0.4, 0.5) is 5.69 Å². The highest BCUT2D eigenvalue weighted by Gasteiger charge is 2.21. The number of nitrogens with zero attached hydrogens (tertiary/aromatic N) is 1. The minimum absolute atomic E-state index is 0.0335. The van der Waals surface area contributed by atoms with Gasteiger partial charge in [-0.3, -0.25) is 4.79 Å². The predicted molar refractivity (Wildman–Crippen MR) is 85.8 cm³/mol. The van der Waals surface area contributed by atoms with Crippen LogP contribution in [0.15, 0.2) is 35.7 Å². The number of thiophene rings is 1. The zero-order valence-electron chi connectivity index (χ0n) is 11.7. The average Bonchev–Trinajstić information content (AvgIpc) is 2.99. The van der Waals surface area contributed by atoms with Crippen molar-refractivity contribution >= 4 is 34.5 Å². The number of nitrogens with one attached hydrogen (secondary N) is 1. The molecule has 1 aromatic carbocycles. The number of benzene rings is 1. The summed E-state index contributed by atoms with van der Waals surface area (Å²) in [5.41, 5.74) is 1.37. The Bertz CT molecular complexity index is 598. The van der Waals surface area contributed by atoms with E-state index in [1.807, 2.05) is 37.6 Å². The Hall–Kier alpha value is -1.52. The molecule has 0 radical (unpaired) electrons. The van der Waals surface area contributed by atoms with Crippen molar-refractivity contribution in [3.05, 3.63) is 51.2 Å². The van der Waals surface area contributed by atoms with Crippen molar-refractivity contribution in [3.8, 4) is 0 Å². The summed E-state index contributed by atoms with van der Waals surface area (Å²) < 4.78 is 0. The number of carbonyl (C=O) groups is 1. The zero-order valence-corrected chi connectivity index (χ0v) is 13.3. The van der Waals surface area contributed by atoms with Crippen molar-refractivity contribution in [2.24, 2.45) is 0 Å². The molecule has 20 heavy (non-hydrogen) atoms. The van der Waals surface area contributed by atoms with Crippen LogP contribution >= 0.6 is 22.9 Å². The Morgan fingerprint density at radius 2 is 2.15 bits per heavy atom. The van der Waals surface area contributed by atoms with Crippen LogP contribution in [0.3, 0.4) is 0 Å². The molecule has 3 nitrogen and oxygen atoms in total. The first-order valence-corrected chi connectivity index (χ1v) is 7.58. The summed E-state index contributed by atoms with van der Waals surface area (Å²) in [6.45, 7) is 2.02. The molecule has 2 aromatic rings. The van der Waals surface area contributed by atoms with Crippen LogP contribution in [0.25, 0.3) is 0 Å². The molecule has 1 N–H and O–H groups in total. The van der Waals surface area contributed by atoms with Crippen molar-refractivity contribution in [3.63, 3.8) is 0 Å². The first-order chi connectivity index (χ1) is 9.54. The third kappa shape index (κ3) is 2.97. The van der Waals surface area contributed by atoms with E-state index >= 15 is 0 Å². The summed E-state index contributed by atoms with van der Waals surface area (Å²) in [5.74, 6) is -0.0437. The first kappa shape index (κ1) is 14.9. The Morgan fingerprint density at radius 3 is 2.75 bits per heavy atom. The summed E-state index contributed by atoms with van der Waals surface area (Å²) in [7, 11) is 3.61. The Balaban J connectivity index is 2.29. The number of carbonyl (C=O) groups excluding carboxylic acids is 1. The van der Waals surface area contributed by atoms with E-state index in [2.05, 4.69) is 5.32 Å². The maximum absolute atomic E-state index is 12.6. The van der Waals surface area contributed by atoms with E-state index < -0.39 is 0 Å². The summed E-state index contributed by atoms with van der Waals surface area (Å²) in [4.78, 5) is 15.5. The number of hydrogen-bond acceptors (Lipinski definition) is 3. The molecular formula is C15H17ClN2OS. The van der Waals surface area contributed by atoms with E-state index in [-0.39, 0.29) is 11.9 Å². The minimum atomic E-state index is -0.0437. The molecule has 1 heterocycles. The third-order valence-electron chi connectivity index (χ3n) is 3.34. The second kappa shape index (κ2) is 6.29. The molecule has 0 fully saturated rings. The lowest BCUT2D eigenvalue weighted by Crippen LogP contribution is -2.29. The summed E-state index contributed by atoms with van der Waals surface area (Å²) in [6, 6.07) is 9.36. The van der Waals surface area contributed by atoms with Crippen LogP contribution < -0.4 is 5.32 Å². The fourth-order valence-electron chi connectivity index (χ4n) is 2.00. The standard InChI is InChI=1S/C15H17ClN2OS/c1-10(14-5-4-8-20-14)18(3)15(19)12-9-11(16)6-7-13(12)17-2/h4-10,17H,1-3H3. The van der Waals surface area contributed by atoms with Crippen LogP contribution in [-0.4, -0.2) is 24.9 Å². The zero-order chi connectivity index (χ0) is 14.7. The number of hydrogen-bond donors (Lipinski definition) is 1. The molecule has 1 unspecified atom stereocenters. The summed E-state index contributed by atoms with van der Waals surface area (Å²) >= 11 is 7.65. The maximum atomic E-state index is 12.6. The Morgan fingerprint density at radius 1 is 1.40 bits per heavy atom. The van der Waals surface area contributed by atoms with Crippen LogP contribution in [0.1, 0.15) is 28.2 Å². The van der Waals surface area contributed by atoms with Gasteiger partial charge >= 0.3 is 0 Å². The fourth-order valence-corrected chi connectivity index (χ4v) is 3.00. The quantitative estimate of drug-likeness (QED) is 0.914. The largest absolute Gasteiger partial charge is 0.387 e. The fraction of sp³-hybridized carbons (Fsp3) is 0.267. The van der Waals surface area contributed by atoms with Crippen molar-refractivity contribution in [2.45, 2.75) is 13.0 Å². The number of anilines is 1. The van der Waals surface area contributed by atoms with E-state index in [1.54, 1.807) is 35.4 Å². The van der Waals surface area contributed by atoms with Gasteiger partial charge in [0.2, 0.25) is 0 Å². The topological polar surface area (TPSA) is 32.3 Å². The molecule has 0 aliphatic rings. The van der Waals surface area contributed by atoms with Gasteiger partial charge in [0.25, 0.3) is 5.91 Å². The van der Waals surface area contributed by atoms with E-state index in [0.717, 1.165) is 10.6 Å². The highest BCUT2D eigenvalue weighted by Crippen LogP contribution is 2.27. The first-order valence-electron chi connectivity index (χ1n) is 6.32. The van der Waals surface area contributed by atoms with Gasteiger partial charge in [0.05, 0.1) is 11.6 Å². The summed E-state index contributed by atoms with van der Waals surface area (Å²) in [5, 5.41) is 5.60. The van der Waals surface area contributed by atoms with Gasteiger partial charge in [0.15, 0.2) is 0 Å². The molecule has 2 rings (SSSR count). The second-order valence-electron chi connectivity index (χ2n) is 4.55. The van der Waals surface area contributed by atoms with Gasteiger partial charge in [-0.15, -0.1) is 11.3 Å². The van der Waals surface area contributed by atoms with E-state index in [9.17, 15) is 4.79 Å². The molecule has 5 heteroatoms. The van der Waals surface area contributed by atoms with E-state index in [4.69, 9.17) is 11.6 Å². The van der Waals surface area contributed by atoms with Gasteiger partial charge in [0, 0.05) is 29.7 Å². The molecule has 0 spiro atoms. The van der Waals surface area contributed by atoms with Gasteiger partial charge in [-0.25, -0.2) is 0 Å². The van der Waals surface area contributed by atoms with Crippen molar-refractivity contribution < 1.29 is 4.79 Å². The highest BCUT2D eigenvalue weighted by atomic mass is 35.5. The molecule has 0 aliphatic carbocycles. The van der Waals surface area contributed by atoms with Crippen LogP contribution in [0.2, 0.25) is 5.02 Å².